The van der Waals surface area contributed by atoms with E-state index in [0.29, 0.717) is 6.61 Å². The van der Waals surface area contributed by atoms with Crippen LogP contribution in [0.3, 0.4) is 0 Å². The highest BCUT2D eigenvalue weighted by Crippen LogP contribution is 2.19. The second-order valence-electron chi connectivity index (χ2n) is 3.51. The molecular weight excluding hydrogens is 190 g/mol. The van der Waals surface area contributed by atoms with Crippen LogP contribution >= 0.6 is 0 Å². The van der Waals surface area contributed by atoms with Gasteiger partial charge in [0.15, 0.2) is 6.23 Å². The molecule has 0 radical (unpaired) electrons. The maximum absolute atomic E-state index is 5.65. The quantitative estimate of drug-likeness (QED) is 0.755. The summed E-state index contributed by atoms with van der Waals surface area (Å²) in [6.45, 7) is 5.06. The van der Waals surface area contributed by atoms with E-state index in [4.69, 9.17) is 9.47 Å². The molecule has 0 spiro atoms. The molecule has 0 N–H and O–H groups in total. The van der Waals surface area contributed by atoms with E-state index in [0.717, 1.165) is 19.8 Å². The Bertz CT molecular complexity index is 287. The summed E-state index contributed by atoms with van der Waals surface area (Å²) in [7, 11) is 0. The number of benzene rings is 1. The van der Waals surface area contributed by atoms with Crippen molar-refractivity contribution in [1.82, 2.24) is 0 Å². The van der Waals surface area contributed by atoms with E-state index < -0.39 is 0 Å². The highest BCUT2D eigenvalue weighted by atomic mass is 16.5. The van der Waals surface area contributed by atoms with Crippen molar-refractivity contribution in [3.8, 4) is 0 Å². The zero-order chi connectivity index (χ0) is 10.5. The first-order valence-corrected chi connectivity index (χ1v) is 5.43. The first kappa shape index (κ1) is 10.5. The lowest BCUT2D eigenvalue weighted by atomic mass is 10.2. The molecule has 1 aromatic carbocycles. The SMILES string of the molecule is CCOC1COCCN1c1ccccc1. The average Bonchev–Trinajstić information content (AvgIpc) is 2.31. The highest BCUT2D eigenvalue weighted by molar-refractivity contribution is 5.46. The predicted octanol–water partition coefficient (Wildman–Crippen LogP) is 1.89. The van der Waals surface area contributed by atoms with Gasteiger partial charge < -0.3 is 14.4 Å². The van der Waals surface area contributed by atoms with Crippen molar-refractivity contribution in [2.45, 2.75) is 13.2 Å². The molecule has 1 aromatic rings. The van der Waals surface area contributed by atoms with Crippen molar-refractivity contribution in [2.24, 2.45) is 0 Å². The number of anilines is 1. The molecule has 1 aliphatic heterocycles. The van der Waals surface area contributed by atoms with Crippen LogP contribution in [0, 0.1) is 0 Å². The Balaban J connectivity index is 2.11. The molecule has 0 aromatic heterocycles. The van der Waals surface area contributed by atoms with Gasteiger partial charge >= 0.3 is 0 Å². The van der Waals surface area contributed by atoms with Crippen molar-refractivity contribution in [1.29, 1.82) is 0 Å². The molecule has 3 heteroatoms. The topological polar surface area (TPSA) is 21.7 Å². The van der Waals surface area contributed by atoms with Gasteiger partial charge in [-0.25, -0.2) is 0 Å². The van der Waals surface area contributed by atoms with Crippen molar-refractivity contribution in [2.75, 3.05) is 31.3 Å². The Morgan fingerprint density at radius 3 is 2.93 bits per heavy atom. The maximum Gasteiger partial charge on any atom is 0.153 e. The fourth-order valence-electron chi connectivity index (χ4n) is 1.83. The van der Waals surface area contributed by atoms with Gasteiger partial charge in [-0.15, -0.1) is 0 Å². The van der Waals surface area contributed by atoms with Crippen molar-refractivity contribution >= 4 is 5.69 Å². The minimum atomic E-state index is 0.0612. The number of morpholine rings is 1. The Morgan fingerprint density at radius 2 is 2.20 bits per heavy atom. The molecule has 1 unspecified atom stereocenters. The van der Waals surface area contributed by atoms with E-state index >= 15 is 0 Å². The molecule has 1 fully saturated rings. The van der Waals surface area contributed by atoms with E-state index in [1.165, 1.54) is 5.69 Å². The van der Waals surface area contributed by atoms with E-state index in [1.54, 1.807) is 0 Å². The van der Waals surface area contributed by atoms with Crippen LogP contribution in [0.1, 0.15) is 6.92 Å². The second kappa shape index (κ2) is 5.14. The van der Waals surface area contributed by atoms with Crippen molar-refractivity contribution in [3.63, 3.8) is 0 Å². The van der Waals surface area contributed by atoms with Gasteiger partial charge in [-0.1, -0.05) is 18.2 Å². The van der Waals surface area contributed by atoms with Gasteiger partial charge in [0.05, 0.1) is 13.2 Å². The fraction of sp³-hybridized carbons (Fsp3) is 0.500. The third kappa shape index (κ3) is 2.49. The van der Waals surface area contributed by atoms with E-state index in [1.807, 2.05) is 25.1 Å². The molecule has 1 saturated heterocycles. The zero-order valence-electron chi connectivity index (χ0n) is 9.06. The number of ether oxygens (including phenoxy) is 2. The Labute approximate surface area is 90.6 Å². The van der Waals surface area contributed by atoms with Crippen LogP contribution in [0.5, 0.6) is 0 Å². The molecule has 1 aliphatic rings. The van der Waals surface area contributed by atoms with Gasteiger partial charge in [0, 0.05) is 18.8 Å². The number of nitrogens with zero attached hydrogens (tertiary/aromatic N) is 1. The average molecular weight is 207 g/mol. The number of para-hydroxylation sites is 1. The third-order valence-electron chi connectivity index (χ3n) is 2.53. The van der Waals surface area contributed by atoms with Crippen LogP contribution in [0.25, 0.3) is 0 Å². The van der Waals surface area contributed by atoms with Gasteiger partial charge in [0.2, 0.25) is 0 Å². The molecule has 0 amide bonds. The first-order chi connectivity index (χ1) is 7.42. The Hall–Kier alpha value is -1.06. The van der Waals surface area contributed by atoms with Crippen molar-refractivity contribution < 1.29 is 9.47 Å². The van der Waals surface area contributed by atoms with E-state index in [9.17, 15) is 0 Å². The minimum absolute atomic E-state index is 0.0612. The Kier molecular flexibility index (Phi) is 3.59. The summed E-state index contributed by atoms with van der Waals surface area (Å²) in [5.41, 5.74) is 1.21. The summed E-state index contributed by atoms with van der Waals surface area (Å²) < 4.78 is 11.1. The smallest absolute Gasteiger partial charge is 0.153 e. The van der Waals surface area contributed by atoms with Gasteiger partial charge in [-0.3, -0.25) is 0 Å². The van der Waals surface area contributed by atoms with Crippen LogP contribution in [-0.2, 0) is 9.47 Å². The summed E-state index contributed by atoms with van der Waals surface area (Å²) in [5, 5.41) is 0. The van der Waals surface area contributed by atoms with E-state index in [2.05, 4.69) is 17.0 Å². The molecule has 0 aliphatic carbocycles. The lowest BCUT2D eigenvalue weighted by molar-refractivity contribution is -0.0362. The summed E-state index contributed by atoms with van der Waals surface area (Å²) in [5.74, 6) is 0. The van der Waals surface area contributed by atoms with Crippen LogP contribution in [-0.4, -0.2) is 32.6 Å². The Morgan fingerprint density at radius 1 is 1.40 bits per heavy atom. The molecule has 0 bridgehead atoms. The third-order valence-corrected chi connectivity index (χ3v) is 2.53. The summed E-state index contributed by atoms with van der Waals surface area (Å²) in [6, 6.07) is 10.3. The molecule has 15 heavy (non-hydrogen) atoms. The molecule has 1 atom stereocenters. The second-order valence-corrected chi connectivity index (χ2v) is 3.51. The van der Waals surface area contributed by atoms with E-state index in [-0.39, 0.29) is 6.23 Å². The van der Waals surface area contributed by atoms with Crippen LogP contribution < -0.4 is 4.90 Å². The highest BCUT2D eigenvalue weighted by Gasteiger charge is 2.22. The maximum atomic E-state index is 5.65. The molecule has 82 valence electrons. The fourth-order valence-corrected chi connectivity index (χ4v) is 1.83. The van der Waals surface area contributed by atoms with Crippen LogP contribution in [0.2, 0.25) is 0 Å². The largest absolute Gasteiger partial charge is 0.375 e. The van der Waals surface area contributed by atoms with Crippen LogP contribution in [0.4, 0.5) is 5.69 Å². The normalized spacial score (nSPS) is 21.7. The zero-order valence-corrected chi connectivity index (χ0v) is 9.06. The standard InChI is InChI=1S/C12H17NO2/c1-2-15-12-10-14-9-8-13(12)11-6-4-3-5-7-11/h3-7,12H,2,8-10H2,1H3. The predicted molar refractivity (Wildman–Crippen MR) is 60.0 cm³/mol. The molecule has 1 heterocycles. The summed E-state index contributed by atoms with van der Waals surface area (Å²) in [6.07, 6.45) is 0.0612. The monoisotopic (exact) mass is 207 g/mol. The molecule has 0 saturated carbocycles. The summed E-state index contributed by atoms with van der Waals surface area (Å²) in [4.78, 5) is 2.26. The molecular formula is C12H17NO2. The van der Waals surface area contributed by atoms with Gasteiger partial charge in [-0.05, 0) is 19.1 Å². The van der Waals surface area contributed by atoms with Gasteiger partial charge in [0.25, 0.3) is 0 Å². The number of hydrogen-bond acceptors (Lipinski definition) is 3. The summed E-state index contributed by atoms with van der Waals surface area (Å²) >= 11 is 0. The molecule has 2 rings (SSSR count). The van der Waals surface area contributed by atoms with Gasteiger partial charge in [0.1, 0.15) is 0 Å². The van der Waals surface area contributed by atoms with Crippen molar-refractivity contribution in [3.05, 3.63) is 30.3 Å². The lowest BCUT2D eigenvalue weighted by Crippen LogP contribution is -2.47. The lowest BCUT2D eigenvalue weighted by Gasteiger charge is -2.36. The molecule has 3 nitrogen and oxygen atoms in total. The van der Waals surface area contributed by atoms with Gasteiger partial charge in [-0.2, -0.15) is 0 Å². The number of rotatable bonds is 3. The first-order valence-electron chi connectivity index (χ1n) is 5.43. The minimum Gasteiger partial charge on any atom is -0.375 e. The number of hydrogen-bond donors (Lipinski definition) is 0. The van der Waals surface area contributed by atoms with Crippen LogP contribution in [0.15, 0.2) is 30.3 Å².